The predicted octanol–water partition coefficient (Wildman–Crippen LogP) is 2.29. The highest BCUT2D eigenvalue weighted by Crippen LogP contribution is 2.14. The fourth-order valence-corrected chi connectivity index (χ4v) is 2.41. The van der Waals surface area contributed by atoms with Crippen molar-refractivity contribution in [2.45, 2.75) is 6.54 Å². The third kappa shape index (κ3) is 5.33. The highest BCUT2D eigenvalue weighted by Gasteiger charge is 2.18. The SMILES string of the molecule is CN(C)CCN(Cc1ccc(Br)cc1)C(=O)c1ccc[n+]([O-])c1. The van der Waals surface area contributed by atoms with Crippen LogP contribution in [-0.4, -0.2) is 42.9 Å². The first kappa shape index (κ1) is 17.4. The summed E-state index contributed by atoms with van der Waals surface area (Å²) in [4.78, 5) is 16.5. The first-order chi connectivity index (χ1) is 11.0. The van der Waals surface area contributed by atoms with Gasteiger partial charge in [-0.25, -0.2) is 0 Å². The van der Waals surface area contributed by atoms with E-state index in [-0.39, 0.29) is 5.91 Å². The molecular formula is C17H20BrN3O2. The van der Waals surface area contributed by atoms with Crippen LogP contribution < -0.4 is 4.73 Å². The highest BCUT2D eigenvalue weighted by atomic mass is 79.9. The molecule has 0 aliphatic heterocycles. The number of amides is 1. The van der Waals surface area contributed by atoms with Crippen molar-refractivity contribution < 1.29 is 9.52 Å². The summed E-state index contributed by atoms with van der Waals surface area (Å²) in [5, 5.41) is 11.4. The van der Waals surface area contributed by atoms with Crippen molar-refractivity contribution in [3.05, 3.63) is 69.6 Å². The zero-order chi connectivity index (χ0) is 16.8. The number of halogens is 1. The Labute approximate surface area is 144 Å². The standard InChI is InChI=1S/C17H20BrN3O2/c1-19(2)10-11-20(12-14-5-7-16(18)8-6-14)17(22)15-4-3-9-21(23)13-15/h3-9,13H,10-12H2,1-2H3. The molecule has 0 N–H and O–H groups in total. The van der Waals surface area contributed by atoms with Crippen LogP contribution in [-0.2, 0) is 6.54 Å². The van der Waals surface area contributed by atoms with E-state index in [1.165, 1.54) is 12.4 Å². The van der Waals surface area contributed by atoms with E-state index < -0.39 is 0 Å². The molecule has 23 heavy (non-hydrogen) atoms. The van der Waals surface area contributed by atoms with Crippen LogP contribution in [0.1, 0.15) is 15.9 Å². The van der Waals surface area contributed by atoms with Crippen molar-refractivity contribution >= 4 is 21.8 Å². The minimum atomic E-state index is -0.139. The Kier molecular flexibility index (Phi) is 6.12. The molecule has 1 aromatic heterocycles. The van der Waals surface area contributed by atoms with Crippen LogP contribution in [0.5, 0.6) is 0 Å². The number of nitrogens with zero attached hydrogens (tertiary/aromatic N) is 3. The molecule has 6 heteroatoms. The number of hydrogen-bond donors (Lipinski definition) is 0. The minimum absolute atomic E-state index is 0.139. The van der Waals surface area contributed by atoms with Gasteiger partial charge in [0.25, 0.3) is 5.91 Å². The molecule has 2 rings (SSSR count). The lowest BCUT2D eigenvalue weighted by Gasteiger charge is -2.24. The van der Waals surface area contributed by atoms with Crippen LogP contribution in [0, 0.1) is 5.21 Å². The zero-order valence-electron chi connectivity index (χ0n) is 13.3. The van der Waals surface area contributed by atoms with Gasteiger partial charge in [-0.2, -0.15) is 4.73 Å². The summed E-state index contributed by atoms with van der Waals surface area (Å²) in [5.74, 6) is -0.139. The average Bonchev–Trinajstić information content (AvgIpc) is 2.52. The first-order valence-electron chi connectivity index (χ1n) is 7.33. The molecular weight excluding hydrogens is 358 g/mol. The number of aromatic nitrogens is 1. The maximum atomic E-state index is 12.7. The topological polar surface area (TPSA) is 50.5 Å². The van der Waals surface area contributed by atoms with Gasteiger partial charge in [-0.1, -0.05) is 28.1 Å². The van der Waals surface area contributed by atoms with Gasteiger partial charge in [0.15, 0.2) is 12.4 Å². The van der Waals surface area contributed by atoms with Crippen LogP contribution in [0.4, 0.5) is 0 Å². The molecule has 5 nitrogen and oxygen atoms in total. The molecule has 1 aromatic carbocycles. The second kappa shape index (κ2) is 8.08. The molecule has 1 amide bonds. The minimum Gasteiger partial charge on any atom is -0.619 e. The molecule has 0 radical (unpaired) electrons. The van der Waals surface area contributed by atoms with Crippen molar-refractivity contribution in [3.63, 3.8) is 0 Å². The Morgan fingerprint density at radius 2 is 1.87 bits per heavy atom. The van der Waals surface area contributed by atoms with Crippen molar-refractivity contribution in [1.82, 2.24) is 9.80 Å². The molecule has 0 atom stereocenters. The van der Waals surface area contributed by atoms with Crippen molar-refractivity contribution in [1.29, 1.82) is 0 Å². The van der Waals surface area contributed by atoms with E-state index in [1.807, 2.05) is 43.3 Å². The van der Waals surface area contributed by atoms with Crippen LogP contribution in [0.15, 0.2) is 53.3 Å². The summed E-state index contributed by atoms with van der Waals surface area (Å²) in [6, 6.07) is 11.1. The zero-order valence-corrected chi connectivity index (χ0v) is 14.9. The fraction of sp³-hybridized carbons (Fsp3) is 0.294. The van der Waals surface area contributed by atoms with Crippen LogP contribution in [0.2, 0.25) is 0 Å². The van der Waals surface area contributed by atoms with E-state index in [0.717, 1.165) is 16.6 Å². The van der Waals surface area contributed by atoms with Crippen LogP contribution >= 0.6 is 15.9 Å². The average molecular weight is 378 g/mol. The Morgan fingerprint density at radius 3 is 2.48 bits per heavy atom. The first-order valence-corrected chi connectivity index (χ1v) is 8.12. The second-order valence-corrected chi connectivity index (χ2v) is 6.52. The second-order valence-electron chi connectivity index (χ2n) is 5.61. The molecule has 0 aliphatic carbocycles. The van der Waals surface area contributed by atoms with E-state index in [1.54, 1.807) is 17.0 Å². The van der Waals surface area contributed by atoms with E-state index in [4.69, 9.17) is 0 Å². The molecule has 0 aliphatic rings. The third-order valence-electron chi connectivity index (χ3n) is 3.41. The summed E-state index contributed by atoms with van der Waals surface area (Å²) in [7, 11) is 3.94. The fourth-order valence-electron chi connectivity index (χ4n) is 2.15. The number of benzene rings is 1. The quantitative estimate of drug-likeness (QED) is 0.573. The molecule has 0 bridgehead atoms. The van der Waals surface area contributed by atoms with Crippen molar-refractivity contribution in [2.24, 2.45) is 0 Å². The van der Waals surface area contributed by atoms with E-state index in [9.17, 15) is 10.0 Å². The van der Waals surface area contributed by atoms with E-state index in [0.29, 0.717) is 23.4 Å². The van der Waals surface area contributed by atoms with Gasteiger partial charge >= 0.3 is 0 Å². The lowest BCUT2D eigenvalue weighted by molar-refractivity contribution is -0.605. The molecule has 0 spiro atoms. The van der Waals surface area contributed by atoms with Crippen molar-refractivity contribution in [3.8, 4) is 0 Å². The highest BCUT2D eigenvalue weighted by molar-refractivity contribution is 9.10. The molecule has 0 unspecified atom stereocenters. The molecule has 2 aromatic rings. The van der Waals surface area contributed by atoms with E-state index >= 15 is 0 Å². The number of hydrogen-bond acceptors (Lipinski definition) is 3. The molecule has 122 valence electrons. The summed E-state index contributed by atoms with van der Waals surface area (Å²) < 4.78 is 1.65. The Bertz CT molecular complexity index is 659. The Morgan fingerprint density at radius 1 is 1.17 bits per heavy atom. The summed E-state index contributed by atoms with van der Waals surface area (Å²) in [6.07, 6.45) is 2.68. The van der Waals surface area contributed by atoms with Crippen LogP contribution in [0.25, 0.3) is 0 Å². The van der Waals surface area contributed by atoms with Gasteiger partial charge in [0.2, 0.25) is 0 Å². The largest absolute Gasteiger partial charge is 0.619 e. The monoisotopic (exact) mass is 377 g/mol. The summed E-state index contributed by atoms with van der Waals surface area (Å²) in [5.41, 5.74) is 1.45. The number of carbonyl (C=O) groups is 1. The van der Waals surface area contributed by atoms with Gasteiger partial charge in [0.1, 0.15) is 5.56 Å². The normalized spacial score (nSPS) is 10.8. The van der Waals surface area contributed by atoms with E-state index in [2.05, 4.69) is 15.9 Å². The Balaban J connectivity index is 2.18. The molecule has 0 saturated carbocycles. The lowest BCUT2D eigenvalue weighted by Crippen LogP contribution is -2.37. The summed E-state index contributed by atoms with van der Waals surface area (Å²) >= 11 is 3.41. The van der Waals surface area contributed by atoms with Crippen LogP contribution in [0.3, 0.4) is 0 Å². The van der Waals surface area contributed by atoms with Gasteiger partial charge in [-0.05, 0) is 37.9 Å². The number of pyridine rings is 1. The lowest BCUT2D eigenvalue weighted by atomic mass is 10.2. The maximum Gasteiger partial charge on any atom is 0.260 e. The molecule has 0 saturated heterocycles. The van der Waals surface area contributed by atoms with Gasteiger partial charge in [0, 0.05) is 30.2 Å². The number of carbonyl (C=O) groups excluding carboxylic acids is 1. The van der Waals surface area contributed by atoms with Gasteiger partial charge in [0.05, 0.1) is 0 Å². The van der Waals surface area contributed by atoms with Gasteiger partial charge < -0.3 is 15.0 Å². The number of rotatable bonds is 6. The molecule has 0 fully saturated rings. The van der Waals surface area contributed by atoms with Gasteiger partial charge in [-0.15, -0.1) is 0 Å². The Hall–Kier alpha value is -1.92. The van der Waals surface area contributed by atoms with Gasteiger partial charge in [-0.3, -0.25) is 4.79 Å². The maximum absolute atomic E-state index is 12.7. The predicted molar refractivity (Wildman–Crippen MR) is 92.8 cm³/mol. The van der Waals surface area contributed by atoms with Crippen molar-refractivity contribution in [2.75, 3.05) is 27.2 Å². The summed E-state index contributed by atoms with van der Waals surface area (Å²) in [6.45, 7) is 1.86. The number of likely N-dealkylation sites (N-methyl/N-ethyl adjacent to an activating group) is 1. The third-order valence-corrected chi connectivity index (χ3v) is 3.94. The molecule has 1 heterocycles. The smallest absolute Gasteiger partial charge is 0.260 e.